The molecule has 0 radical (unpaired) electrons. The van der Waals surface area contributed by atoms with Crippen LogP contribution in [0, 0.1) is 0 Å². The van der Waals surface area contributed by atoms with Crippen LogP contribution >= 0.6 is 0 Å². The summed E-state index contributed by atoms with van der Waals surface area (Å²) in [5, 5.41) is 18.0. The topological polar surface area (TPSA) is 50.9 Å². The van der Waals surface area contributed by atoms with Crippen LogP contribution in [0.15, 0.2) is 36.5 Å². The van der Waals surface area contributed by atoms with E-state index in [4.69, 9.17) is 0 Å². The normalized spacial score (nSPS) is 12.6. The molecule has 0 aliphatic rings. The molecule has 4 nitrogen and oxygen atoms in total. The van der Waals surface area contributed by atoms with Gasteiger partial charge >= 0.3 is 0 Å². The van der Waals surface area contributed by atoms with Gasteiger partial charge in [-0.3, -0.25) is 0 Å². The monoisotopic (exact) mass is 245 g/mol. The number of nitrogens with zero attached hydrogens (tertiary/aromatic N) is 3. The molecule has 2 aromatic rings. The summed E-state index contributed by atoms with van der Waals surface area (Å²) in [7, 11) is 0. The minimum Gasteiger partial charge on any atom is -0.387 e. The summed E-state index contributed by atoms with van der Waals surface area (Å²) in [5.41, 5.74) is 1.84. The Morgan fingerprint density at radius 3 is 2.78 bits per heavy atom. The molecule has 1 N–H and O–H groups in total. The second-order valence-corrected chi connectivity index (χ2v) is 4.48. The summed E-state index contributed by atoms with van der Waals surface area (Å²) in [6.07, 6.45) is 4.17. The number of hydrogen-bond donors (Lipinski definition) is 1. The minimum absolute atomic E-state index is 0.491. The van der Waals surface area contributed by atoms with Crippen LogP contribution in [0.1, 0.15) is 43.5 Å². The molecule has 0 saturated carbocycles. The molecule has 0 fully saturated rings. The van der Waals surface area contributed by atoms with Gasteiger partial charge in [0, 0.05) is 0 Å². The van der Waals surface area contributed by atoms with E-state index in [1.807, 2.05) is 24.4 Å². The molecule has 0 aliphatic heterocycles. The first-order chi connectivity index (χ1) is 8.79. The fraction of sp³-hybridized carbons (Fsp3) is 0.429. The largest absolute Gasteiger partial charge is 0.387 e. The molecule has 1 aromatic heterocycles. The van der Waals surface area contributed by atoms with E-state index in [1.54, 1.807) is 4.68 Å². The molecule has 0 bridgehead atoms. The van der Waals surface area contributed by atoms with Crippen molar-refractivity contribution in [2.45, 2.75) is 38.8 Å². The smallest absolute Gasteiger partial charge is 0.111 e. The van der Waals surface area contributed by atoms with E-state index in [9.17, 15) is 5.11 Å². The van der Waals surface area contributed by atoms with Gasteiger partial charge < -0.3 is 5.11 Å². The molecule has 1 aromatic carbocycles. The van der Waals surface area contributed by atoms with Crippen LogP contribution in [0.5, 0.6) is 0 Å². The van der Waals surface area contributed by atoms with Crippen molar-refractivity contribution < 1.29 is 5.11 Å². The van der Waals surface area contributed by atoms with E-state index in [0.29, 0.717) is 12.2 Å². The molecular formula is C14H19N3O. The Bertz CT molecular complexity index is 467. The predicted molar refractivity (Wildman–Crippen MR) is 70.1 cm³/mol. The van der Waals surface area contributed by atoms with Crippen LogP contribution in [0.25, 0.3) is 0 Å². The van der Waals surface area contributed by atoms with Crippen LogP contribution in [0.4, 0.5) is 0 Å². The predicted octanol–water partition coefficient (Wildman–Crippen LogP) is 2.55. The number of unbranched alkanes of at least 4 members (excludes halogenated alkanes) is 1. The lowest BCUT2D eigenvalue weighted by Crippen LogP contribution is -2.00. The van der Waals surface area contributed by atoms with Crippen molar-refractivity contribution in [2.75, 3.05) is 0 Å². The minimum atomic E-state index is -0.491. The maximum Gasteiger partial charge on any atom is 0.111 e. The average Bonchev–Trinajstić information content (AvgIpc) is 2.86. The molecule has 1 heterocycles. The third kappa shape index (κ3) is 3.40. The zero-order chi connectivity index (χ0) is 12.8. The zero-order valence-corrected chi connectivity index (χ0v) is 10.7. The quantitative estimate of drug-likeness (QED) is 0.851. The SMILES string of the molecule is CCCCC(O)c1cn(Cc2ccccc2)nn1. The Hall–Kier alpha value is -1.68. The summed E-state index contributed by atoms with van der Waals surface area (Å²) in [5.74, 6) is 0. The second kappa shape index (κ2) is 6.31. The maximum atomic E-state index is 9.92. The summed E-state index contributed by atoms with van der Waals surface area (Å²) >= 11 is 0. The first-order valence-corrected chi connectivity index (χ1v) is 6.41. The van der Waals surface area contributed by atoms with Crippen LogP contribution in [-0.2, 0) is 6.54 Å². The van der Waals surface area contributed by atoms with Gasteiger partial charge in [-0.2, -0.15) is 0 Å². The molecular weight excluding hydrogens is 226 g/mol. The summed E-state index contributed by atoms with van der Waals surface area (Å²) in [6.45, 7) is 2.80. The molecule has 1 unspecified atom stereocenters. The van der Waals surface area contributed by atoms with Crippen molar-refractivity contribution in [3.05, 3.63) is 47.8 Å². The van der Waals surface area contributed by atoms with Crippen molar-refractivity contribution in [2.24, 2.45) is 0 Å². The summed E-state index contributed by atoms with van der Waals surface area (Å²) < 4.78 is 1.76. The number of aromatic nitrogens is 3. The Labute approximate surface area is 107 Å². The van der Waals surface area contributed by atoms with Gasteiger partial charge in [0.05, 0.1) is 18.8 Å². The Kier molecular flexibility index (Phi) is 4.47. The van der Waals surface area contributed by atoms with Gasteiger partial charge in [-0.1, -0.05) is 55.3 Å². The van der Waals surface area contributed by atoms with Gasteiger partial charge in [-0.15, -0.1) is 5.10 Å². The highest BCUT2D eigenvalue weighted by molar-refractivity contribution is 5.15. The van der Waals surface area contributed by atoms with Gasteiger partial charge in [-0.25, -0.2) is 4.68 Å². The number of benzene rings is 1. The van der Waals surface area contributed by atoms with E-state index >= 15 is 0 Å². The molecule has 1 atom stereocenters. The average molecular weight is 245 g/mol. The number of aliphatic hydroxyl groups excluding tert-OH is 1. The molecule has 0 amide bonds. The number of rotatable bonds is 6. The van der Waals surface area contributed by atoms with Crippen LogP contribution in [0.2, 0.25) is 0 Å². The Morgan fingerprint density at radius 2 is 2.06 bits per heavy atom. The van der Waals surface area contributed by atoms with Gasteiger partial charge in [0.2, 0.25) is 0 Å². The third-order valence-corrected chi connectivity index (χ3v) is 2.92. The van der Waals surface area contributed by atoms with Crippen molar-refractivity contribution >= 4 is 0 Å². The van der Waals surface area contributed by atoms with E-state index < -0.39 is 6.10 Å². The third-order valence-electron chi connectivity index (χ3n) is 2.92. The molecule has 4 heteroatoms. The van der Waals surface area contributed by atoms with Gasteiger partial charge in [0.15, 0.2) is 0 Å². The van der Waals surface area contributed by atoms with Crippen LogP contribution in [0.3, 0.4) is 0 Å². The highest BCUT2D eigenvalue weighted by Crippen LogP contribution is 2.16. The molecule has 96 valence electrons. The maximum absolute atomic E-state index is 9.92. The van der Waals surface area contributed by atoms with Crippen LogP contribution < -0.4 is 0 Å². The highest BCUT2D eigenvalue weighted by atomic mass is 16.3. The van der Waals surface area contributed by atoms with Crippen molar-refractivity contribution in [1.29, 1.82) is 0 Å². The first-order valence-electron chi connectivity index (χ1n) is 6.41. The van der Waals surface area contributed by atoms with Gasteiger partial charge in [0.1, 0.15) is 5.69 Å². The lowest BCUT2D eigenvalue weighted by molar-refractivity contribution is 0.159. The van der Waals surface area contributed by atoms with Crippen molar-refractivity contribution in [3.63, 3.8) is 0 Å². The second-order valence-electron chi connectivity index (χ2n) is 4.48. The number of hydrogen-bond acceptors (Lipinski definition) is 3. The highest BCUT2D eigenvalue weighted by Gasteiger charge is 2.11. The first kappa shape index (κ1) is 12.8. The summed E-state index contributed by atoms with van der Waals surface area (Å²) in [6, 6.07) is 10.1. The van der Waals surface area contributed by atoms with E-state index in [0.717, 1.165) is 19.3 Å². The van der Waals surface area contributed by atoms with Crippen molar-refractivity contribution in [1.82, 2.24) is 15.0 Å². The van der Waals surface area contributed by atoms with Gasteiger partial charge in [0.25, 0.3) is 0 Å². The number of aliphatic hydroxyl groups is 1. The molecule has 18 heavy (non-hydrogen) atoms. The van der Waals surface area contributed by atoms with Crippen molar-refractivity contribution in [3.8, 4) is 0 Å². The Morgan fingerprint density at radius 1 is 1.28 bits per heavy atom. The lowest BCUT2D eigenvalue weighted by Gasteiger charge is -2.04. The van der Waals surface area contributed by atoms with Gasteiger partial charge in [-0.05, 0) is 12.0 Å². The fourth-order valence-corrected chi connectivity index (χ4v) is 1.86. The zero-order valence-electron chi connectivity index (χ0n) is 10.7. The molecule has 2 rings (SSSR count). The Balaban J connectivity index is 1.98. The fourth-order valence-electron chi connectivity index (χ4n) is 1.86. The van der Waals surface area contributed by atoms with E-state index in [1.165, 1.54) is 5.56 Å². The lowest BCUT2D eigenvalue weighted by atomic mass is 10.1. The standard InChI is InChI=1S/C14H19N3O/c1-2-3-9-14(18)13-11-17(16-15-13)10-12-7-5-4-6-8-12/h4-8,11,14,18H,2-3,9-10H2,1H3. The summed E-state index contributed by atoms with van der Waals surface area (Å²) in [4.78, 5) is 0. The van der Waals surface area contributed by atoms with E-state index in [-0.39, 0.29) is 0 Å². The molecule has 0 spiro atoms. The van der Waals surface area contributed by atoms with E-state index in [2.05, 4.69) is 29.4 Å². The molecule has 0 saturated heterocycles. The molecule has 0 aliphatic carbocycles. The van der Waals surface area contributed by atoms with Crippen LogP contribution in [-0.4, -0.2) is 20.1 Å².